The van der Waals surface area contributed by atoms with E-state index in [1.807, 2.05) is 0 Å². The Morgan fingerprint density at radius 2 is 1.57 bits per heavy atom. The first-order valence-corrected chi connectivity index (χ1v) is 16.7. The number of nitrogens with zero attached hydrogens (tertiary/aromatic N) is 5. The van der Waals surface area contributed by atoms with E-state index in [1.54, 1.807) is 37.4 Å². The van der Waals surface area contributed by atoms with E-state index in [9.17, 15) is 40.9 Å². The van der Waals surface area contributed by atoms with E-state index in [2.05, 4.69) is 45.7 Å². The highest BCUT2D eigenvalue weighted by atomic mass is 32.2. The SMILES string of the molecule is CNc1ccc(N=Nc2cccc(/C(N=Nc3cc(S(=O)(=O)O)cc(S(=O)(=O)O)c3O)=N/Nc3ccc(SOOO)cc3C(=O)O)c2)cc1. The molecule has 0 saturated carbocycles. The lowest BCUT2D eigenvalue weighted by Gasteiger charge is -2.09. The minimum Gasteiger partial charge on any atom is -0.504 e. The van der Waals surface area contributed by atoms with Crippen LogP contribution in [0.2, 0.25) is 0 Å². The van der Waals surface area contributed by atoms with Gasteiger partial charge in [0.15, 0.2) is 5.75 Å². The Kier molecular flexibility index (Phi) is 11.7. The van der Waals surface area contributed by atoms with Gasteiger partial charge in [0.1, 0.15) is 10.6 Å². The van der Waals surface area contributed by atoms with E-state index in [1.165, 1.54) is 30.3 Å². The van der Waals surface area contributed by atoms with Crippen LogP contribution in [0.15, 0.2) is 119 Å². The predicted octanol–water partition coefficient (Wildman–Crippen LogP) is 6.03. The maximum atomic E-state index is 12.0. The molecule has 0 saturated heterocycles. The molecule has 0 aliphatic carbocycles. The highest BCUT2D eigenvalue weighted by Crippen LogP contribution is 2.37. The van der Waals surface area contributed by atoms with Gasteiger partial charge >= 0.3 is 5.97 Å². The topological polar surface area (TPSA) is 291 Å². The van der Waals surface area contributed by atoms with Crippen LogP contribution in [0.25, 0.3) is 0 Å². The molecular formula is C27H23N7O12S3. The summed E-state index contributed by atoms with van der Waals surface area (Å²) in [7, 11) is -8.53. The van der Waals surface area contributed by atoms with Crippen molar-refractivity contribution in [2.75, 3.05) is 17.8 Å². The lowest BCUT2D eigenvalue weighted by Crippen LogP contribution is -2.06. The van der Waals surface area contributed by atoms with Crippen LogP contribution in [-0.4, -0.2) is 60.3 Å². The summed E-state index contributed by atoms with van der Waals surface area (Å²) in [6.45, 7) is 0. The quantitative estimate of drug-likeness (QED) is 0.0157. The second kappa shape index (κ2) is 15.7. The van der Waals surface area contributed by atoms with Crippen molar-refractivity contribution in [3.8, 4) is 5.75 Å². The van der Waals surface area contributed by atoms with Crippen molar-refractivity contribution < 1.29 is 55.6 Å². The van der Waals surface area contributed by atoms with Crippen molar-refractivity contribution in [2.24, 2.45) is 25.6 Å². The number of benzene rings is 4. The van der Waals surface area contributed by atoms with Crippen LogP contribution in [-0.2, 0) is 29.6 Å². The molecule has 0 radical (unpaired) electrons. The van der Waals surface area contributed by atoms with Crippen LogP contribution in [0, 0.1) is 0 Å². The molecule has 49 heavy (non-hydrogen) atoms. The fourth-order valence-corrected chi connectivity index (χ4v) is 5.40. The van der Waals surface area contributed by atoms with Gasteiger partial charge in [0, 0.05) is 23.2 Å². The molecule has 4 aromatic carbocycles. The molecule has 0 amide bonds. The average molecular weight is 734 g/mol. The normalized spacial score (nSPS) is 12.4. The summed E-state index contributed by atoms with van der Waals surface area (Å²) in [6.07, 6.45) is 0. The molecule has 0 aliphatic rings. The summed E-state index contributed by atoms with van der Waals surface area (Å²) in [6, 6.07) is 17.7. The molecule has 256 valence electrons. The van der Waals surface area contributed by atoms with Gasteiger partial charge in [-0.15, -0.1) is 14.6 Å². The van der Waals surface area contributed by atoms with E-state index in [-0.39, 0.29) is 33.2 Å². The summed E-state index contributed by atoms with van der Waals surface area (Å²) in [5.74, 6) is -2.97. The summed E-state index contributed by atoms with van der Waals surface area (Å²) >= 11 is 0.501. The first kappa shape index (κ1) is 36.5. The Balaban J connectivity index is 1.81. The van der Waals surface area contributed by atoms with Crippen LogP contribution in [0.3, 0.4) is 0 Å². The van der Waals surface area contributed by atoms with Crippen LogP contribution < -0.4 is 10.7 Å². The second-order valence-electron chi connectivity index (χ2n) is 9.27. The van der Waals surface area contributed by atoms with Gasteiger partial charge in [0.2, 0.25) is 5.84 Å². The summed E-state index contributed by atoms with van der Waals surface area (Å²) in [5, 5.41) is 55.2. The predicted molar refractivity (Wildman–Crippen MR) is 173 cm³/mol. The van der Waals surface area contributed by atoms with Gasteiger partial charge in [-0.3, -0.25) is 14.5 Å². The Labute approximate surface area is 281 Å². The first-order chi connectivity index (χ1) is 23.2. The number of phenols is 1. The molecular weight excluding hydrogens is 711 g/mol. The fourth-order valence-electron chi connectivity index (χ4n) is 3.77. The van der Waals surface area contributed by atoms with Crippen LogP contribution in [0.4, 0.5) is 28.4 Å². The van der Waals surface area contributed by atoms with Crippen LogP contribution in [0.5, 0.6) is 5.75 Å². The van der Waals surface area contributed by atoms with Crippen molar-refractivity contribution in [2.45, 2.75) is 14.7 Å². The van der Waals surface area contributed by atoms with Gasteiger partial charge in [-0.1, -0.05) is 17.2 Å². The number of aromatic carboxylic acids is 1. The third kappa shape index (κ3) is 9.84. The van der Waals surface area contributed by atoms with E-state index < -0.39 is 47.4 Å². The van der Waals surface area contributed by atoms with E-state index in [4.69, 9.17) is 5.26 Å². The third-order valence-electron chi connectivity index (χ3n) is 6.06. The number of anilines is 2. The zero-order valence-electron chi connectivity index (χ0n) is 24.6. The summed E-state index contributed by atoms with van der Waals surface area (Å²) in [4.78, 5) is 9.82. The summed E-state index contributed by atoms with van der Waals surface area (Å²) < 4.78 is 70.5. The number of rotatable bonds is 13. The number of carbonyl (C=O) groups is 1. The van der Waals surface area contributed by atoms with Crippen molar-refractivity contribution in [3.05, 3.63) is 90.0 Å². The Bertz CT molecular complexity index is 2180. The number of hydrogen-bond acceptors (Lipinski definition) is 16. The molecule has 0 bridgehead atoms. The van der Waals surface area contributed by atoms with Gasteiger partial charge in [-0.25, -0.2) is 10.1 Å². The van der Waals surface area contributed by atoms with Crippen molar-refractivity contribution >= 4 is 72.5 Å². The van der Waals surface area contributed by atoms with E-state index in [0.29, 0.717) is 29.9 Å². The maximum absolute atomic E-state index is 12.0. The highest BCUT2D eigenvalue weighted by molar-refractivity contribution is 7.94. The molecule has 0 fully saturated rings. The van der Waals surface area contributed by atoms with Gasteiger partial charge < -0.3 is 15.5 Å². The van der Waals surface area contributed by atoms with Crippen LogP contribution in [0.1, 0.15) is 15.9 Å². The number of azo groups is 2. The number of amidine groups is 1. The lowest BCUT2D eigenvalue weighted by molar-refractivity contribution is -0.432. The maximum Gasteiger partial charge on any atom is 0.337 e. The number of hydrogen-bond donors (Lipinski definition) is 7. The van der Waals surface area contributed by atoms with E-state index in [0.717, 1.165) is 11.8 Å². The third-order valence-corrected chi connectivity index (χ3v) is 8.34. The number of nitrogens with one attached hydrogen (secondary N) is 2. The number of hydrazone groups is 1. The van der Waals surface area contributed by atoms with Gasteiger partial charge in [0.25, 0.3) is 20.2 Å². The second-order valence-corrected chi connectivity index (χ2v) is 12.9. The molecule has 22 heteroatoms. The standard InChI is InChI=1S/C27H23N7O12S3/c1-28-16-5-7-17(8-6-16)29-30-18-4-2-3-15(11-18)26(33-31-22-10-9-19(47-46-45-38)12-21(22)27(36)37)34-32-23-13-20(48(39,40)41)14-24(25(23)35)49(42,43)44/h2-14,28,31,35,38H,1H3,(H,36,37)(H,39,40,41)(H,42,43,44)/b30-29?,33-26-,34-32?. The van der Waals surface area contributed by atoms with Crippen molar-refractivity contribution in [3.63, 3.8) is 0 Å². The molecule has 0 atom stereocenters. The fraction of sp³-hybridized carbons (Fsp3) is 0.0370. The Morgan fingerprint density at radius 1 is 0.857 bits per heavy atom. The monoisotopic (exact) mass is 733 g/mol. The van der Waals surface area contributed by atoms with Gasteiger partial charge in [-0.05, 0) is 66.7 Å². The molecule has 19 nitrogen and oxygen atoms in total. The zero-order valence-corrected chi connectivity index (χ0v) is 27.0. The number of phenolic OH excluding ortho intramolecular Hbond substituents is 1. The molecule has 0 aliphatic heterocycles. The Morgan fingerprint density at radius 3 is 2.20 bits per heavy atom. The molecule has 0 heterocycles. The van der Waals surface area contributed by atoms with Crippen molar-refractivity contribution in [1.29, 1.82) is 0 Å². The number of carboxylic acid groups (broad SMARTS) is 1. The first-order valence-electron chi connectivity index (χ1n) is 13.1. The van der Waals surface area contributed by atoms with E-state index >= 15 is 0 Å². The van der Waals surface area contributed by atoms with Gasteiger partial charge in [0.05, 0.1) is 39.6 Å². The smallest absolute Gasteiger partial charge is 0.337 e. The summed E-state index contributed by atoms with van der Waals surface area (Å²) in [5.41, 5.74) is 3.08. The lowest BCUT2D eigenvalue weighted by atomic mass is 10.2. The van der Waals surface area contributed by atoms with Crippen LogP contribution >= 0.6 is 12.0 Å². The molecule has 0 unspecified atom stereocenters. The van der Waals surface area contributed by atoms with Gasteiger partial charge in [-0.2, -0.15) is 32.2 Å². The minimum absolute atomic E-state index is 0.0831. The molecule has 0 aromatic heterocycles. The highest BCUT2D eigenvalue weighted by Gasteiger charge is 2.24. The molecule has 7 N–H and O–H groups in total. The molecule has 0 spiro atoms. The largest absolute Gasteiger partial charge is 0.504 e. The molecule has 4 rings (SSSR count). The number of carboxylic acids is 1. The minimum atomic E-state index is -5.22. The number of aromatic hydroxyl groups is 1. The zero-order chi connectivity index (χ0) is 35.8. The molecule has 4 aromatic rings. The average Bonchev–Trinajstić information content (AvgIpc) is 3.06. The van der Waals surface area contributed by atoms with Crippen molar-refractivity contribution in [1.82, 2.24) is 0 Å². The Hall–Kier alpha value is -5.33.